The highest BCUT2D eigenvalue weighted by Gasteiger charge is 2.14. The Hall–Kier alpha value is -1.89. The first-order chi connectivity index (χ1) is 9.52. The summed E-state index contributed by atoms with van der Waals surface area (Å²) in [6.07, 6.45) is 0. The predicted octanol–water partition coefficient (Wildman–Crippen LogP) is 1.67. The molecule has 2 amide bonds. The SMILES string of the molecule is Cc1cc(N(C)C(=O)NS)cc(C)c1NC1=NCCN1. The van der Waals surface area contributed by atoms with Gasteiger partial charge in [0.2, 0.25) is 0 Å². The van der Waals surface area contributed by atoms with Crippen LogP contribution in [0.3, 0.4) is 0 Å². The lowest BCUT2D eigenvalue weighted by molar-refractivity contribution is 0.253. The van der Waals surface area contributed by atoms with Crippen LogP contribution < -0.4 is 20.3 Å². The third-order valence-electron chi connectivity index (χ3n) is 3.22. The van der Waals surface area contributed by atoms with Gasteiger partial charge in [-0.25, -0.2) is 4.79 Å². The highest BCUT2D eigenvalue weighted by Crippen LogP contribution is 2.27. The average Bonchev–Trinajstić information content (AvgIpc) is 2.93. The predicted molar refractivity (Wildman–Crippen MR) is 85.8 cm³/mol. The van der Waals surface area contributed by atoms with E-state index in [4.69, 9.17) is 0 Å². The second-order valence-electron chi connectivity index (χ2n) is 4.71. The number of benzene rings is 1. The molecular weight excluding hydrogens is 274 g/mol. The minimum atomic E-state index is -0.269. The number of carbonyl (C=O) groups excluding carboxylic acids is 1. The first-order valence-corrected chi connectivity index (χ1v) is 6.82. The molecule has 1 aliphatic rings. The number of nitrogens with one attached hydrogen (secondary N) is 3. The van der Waals surface area contributed by atoms with Crippen LogP contribution in [0.1, 0.15) is 11.1 Å². The molecule has 1 heterocycles. The zero-order valence-corrected chi connectivity index (χ0v) is 12.7. The van der Waals surface area contributed by atoms with Crippen LogP contribution in [-0.2, 0) is 0 Å². The van der Waals surface area contributed by atoms with E-state index in [9.17, 15) is 4.79 Å². The van der Waals surface area contributed by atoms with Crippen molar-refractivity contribution in [2.24, 2.45) is 4.99 Å². The molecule has 3 N–H and O–H groups in total. The minimum absolute atomic E-state index is 0.269. The Morgan fingerprint density at radius 2 is 2.05 bits per heavy atom. The van der Waals surface area contributed by atoms with E-state index in [1.165, 1.54) is 4.90 Å². The standard InChI is InChI=1S/C13H19N5OS/c1-8-6-10(18(3)13(19)17-20)7-9(2)11(8)16-12-14-4-5-15-12/h6-7,20H,4-5H2,1-3H3,(H,17,19)(H2,14,15,16). The van der Waals surface area contributed by atoms with Crippen molar-refractivity contribution >= 4 is 36.2 Å². The number of hydrogen-bond acceptors (Lipinski definition) is 5. The van der Waals surface area contributed by atoms with E-state index in [2.05, 4.69) is 33.2 Å². The summed E-state index contributed by atoms with van der Waals surface area (Å²) < 4.78 is 2.31. The molecule has 0 saturated carbocycles. The zero-order valence-electron chi connectivity index (χ0n) is 11.8. The van der Waals surface area contributed by atoms with E-state index in [-0.39, 0.29) is 6.03 Å². The number of thiol groups is 1. The summed E-state index contributed by atoms with van der Waals surface area (Å²) in [5, 5.41) is 6.47. The molecule has 108 valence electrons. The molecule has 0 spiro atoms. The summed E-state index contributed by atoms with van der Waals surface area (Å²) in [5.41, 5.74) is 3.94. The molecular formula is C13H19N5OS. The van der Waals surface area contributed by atoms with Gasteiger partial charge in [-0.3, -0.25) is 14.6 Å². The summed E-state index contributed by atoms with van der Waals surface area (Å²) in [6.45, 7) is 5.66. The van der Waals surface area contributed by atoms with Crippen LogP contribution in [0.4, 0.5) is 16.2 Å². The summed E-state index contributed by atoms with van der Waals surface area (Å²) >= 11 is 3.78. The van der Waals surface area contributed by atoms with Gasteiger partial charge in [0.1, 0.15) is 0 Å². The molecule has 7 heteroatoms. The van der Waals surface area contributed by atoms with Crippen molar-refractivity contribution in [3.63, 3.8) is 0 Å². The molecule has 20 heavy (non-hydrogen) atoms. The molecule has 0 fully saturated rings. The Bertz CT molecular complexity index is 535. The van der Waals surface area contributed by atoms with Gasteiger partial charge in [-0.05, 0) is 37.1 Å². The highest BCUT2D eigenvalue weighted by molar-refractivity contribution is 7.78. The fraction of sp³-hybridized carbons (Fsp3) is 0.385. The van der Waals surface area contributed by atoms with Gasteiger partial charge in [0.05, 0.1) is 6.54 Å². The molecule has 1 aliphatic heterocycles. The molecule has 1 aromatic carbocycles. The smallest absolute Gasteiger partial charge is 0.331 e. The van der Waals surface area contributed by atoms with Crippen LogP contribution in [0.2, 0.25) is 0 Å². The van der Waals surface area contributed by atoms with E-state index in [0.29, 0.717) is 0 Å². The maximum atomic E-state index is 11.6. The lowest BCUT2D eigenvalue weighted by Gasteiger charge is -2.20. The van der Waals surface area contributed by atoms with Gasteiger partial charge in [0.15, 0.2) is 5.96 Å². The number of aryl methyl sites for hydroxylation is 2. The van der Waals surface area contributed by atoms with E-state index in [1.54, 1.807) is 7.05 Å². The van der Waals surface area contributed by atoms with Gasteiger partial charge < -0.3 is 10.6 Å². The number of hydrogen-bond donors (Lipinski definition) is 4. The van der Waals surface area contributed by atoms with Gasteiger partial charge in [-0.2, -0.15) is 0 Å². The van der Waals surface area contributed by atoms with Crippen molar-refractivity contribution in [3.8, 4) is 0 Å². The molecule has 0 bridgehead atoms. The molecule has 0 aromatic heterocycles. The Morgan fingerprint density at radius 1 is 1.40 bits per heavy atom. The Morgan fingerprint density at radius 3 is 2.55 bits per heavy atom. The van der Waals surface area contributed by atoms with Crippen LogP contribution in [-0.4, -0.2) is 32.1 Å². The second kappa shape index (κ2) is 6.04. The topological polar surface area (TPSA) is 68.8 Å². The second-order valence-corrected chi connectivity index (χ2v) is 4.94. The Kier molecular flexibility index (Phi) is 4.39. The number of rotatable bonds is 2. The lowest BCUT2D eigenvalue weighted by Crippen LogP contribution is -2.32. The lowest BCUT2D eigenvalue weighted by atomic mass is 10.1. The molecule has 0 unspecified atom stereocenters. The monoisotopic (exact) mass is 293 g/mol. The van der Waals surface area contributed by atoms with Gasteiger partial charge >= 0.3 is 6.03 Å². The fourth-order valence-electron chi connectivity index (χ4n) is 2.12. The van der Waals surface area contributed by atoms with Crippen LogP contribution in [0.25, 0.3) is 0 Å². The molecule has 0 aliphatic carbocycles. The number of guanidine groups is 1. The molecule has 0 saturated heterocycles. The third kappa shape index (κ3) is 2.98. The van der Waals surface area contributed by atoms with Crippen molar-refractivity contribution in [1.82, 2.24) is 10.0 Å². The number of urea groups is 1. The number of anilines is 2. The minimum Gasteiger partial charge on any atom is -0.354 e. The highest BCUT2D eigenvalue weighted by atomic mass is 32.1. The quantitative estimate of drug-likeness (QED) is 0.627. The summed E-state index contributed by atoms with van der Waals surface area (Å²) in [4.78, 5) is 17.4. The van der Waals surface area contributed by atoms with Gasteiger partial charge in [-0.1, -0.05) is 12.8 Å². The van der Waals surface area contributed by atoms with Gasteiger partial charge in [-0.15, -0.1) is 0 Å². The number of nitrogens with zero attached hydrogens (tertiary/aromatic N) is 2. The molecule has 1 aromatic rings. The van der Waals surface area contributed by atoms with Crippen LogP contribution >= 0.6 is 12.8 Å². The van der Waals surface area contributed by atoms with E-state index in [0.717, 1.165) is 41.6 Å². The van der Waals surface area contributed by atoms with Crippen LogP contribution in [0.15, 0.2) is 17.1 Å². The largest absolute Gasteiger partial charge is 0.354 e. The third-order valence-corrected chi connectivity index (χ3v) is 3.41. The van der Waals surface area contributed by atoms with E-state index in [1.807, 2.05) is 26.0 Å². The molecule has 0 atom stereocenters. The summed E-state index contributed by atoms with van der Waals surface area (Å²) in [5.74, 6) is 0.797. The van der Waals surface area contributed by atoms with Crippen molar-refractivity contribution in [2.75, 3.05) is 30.4 Å². The van der Waals surface area contributed by atoms with Gasteiger partial charge in [0, 0.05) is 25.0 Å². The van der Waals surface area contributed by atoms with Crippen LogP contribution in [0, 0.1) is 13.8 Å². The zero-order chi connectivity index (χ0) is 14.7. The summed E-state index contributed by atoms with van der Waals surface area (Å²) in [6, 6.07) is 3.64. The van der Waals surface area contributed by atoms with Crippen molar-refractivity contribution < 1.29 is 4.79 Å². The Balaban J connectivity index is 2.26. The van der Waals surface area contributed by atoms with Crippen molar-refractivity contribution in [3.05, 3.63) is 23.3 Å². The first kappa shape index (κ1) is 14.5. The molecule has 2 rings (SSSR count). The van der Waals surface area contributed by atoms with Crippen molar-refractivity contribution in [1.29, 1.82) is 0 Å². The Labute approximate surface area is 124 Å². The average molecular weight is 293 g/mol. The number of amides is 2. The normalized spacial score (nSPS) is 13.5. The maximum Gasteiger partial charge on any atom is 0.331 e. The van der Waals surface area contributed by atoms with Gasteiger partial charge in [0.25, 0.3) is 0 Å². The maximum absolute atomic E-state index is 11.6. The number of aliphatic imine (C=N–C) groups is 1. The number of carbonyl (C=O) groups is 1. The molecule has 6 nitrogen and oxygen atoms in total. The summed E-state index contributed by atoms with van der Waals surface area (Å²) in [7, 11) is 1.70. The van der Waals surface area contributed by atoms with E-state index >= 15 is 0 Å². The molecule has 0 radical (unpaired) electrons. The van der Waals surface area contributed by atoms with Crippen molar-refractivity contribution in [2.45, 2.75) is 13.8 Å². The first-order valence-electron chi connectivity index (χ1n) is 6.37. The van der Waals surface area contributed by atoms with E-state index < -0.39 is 0 Å². The fourth-order valence-corrected chi connectivity index (χ4v) is 2.27. The van der Waals surface area contributed by atoms with Crippen LogP contribution in [0.5, 0.6) is 0 Å².